The first-order chi connectivity index (χ1) is 12.1. The van der Waals surface area contributed by atoms with Gasteiger partial charge in [-0.3, -0.25) is 14.5 Å². The standard InChI is InChI=1S/C18H26N6O.HI/c1-19-18(20-10-4-12-24-13-5-11-22-24)21-14-15-6-8-16(9-7-15)17(25)23(2)3;/h5-9,11,13H,4,10,12,14H2,1-3H3,(H2,19,20,21);1H. The van der Waals surface area contributed by atoms with E-state index in [0.717, 1.165) is 31.0 Å². The van der Waals surface area contributed by atoms with E-state index in [0.29, 0.717) is 12.1 Å². The molecule has 142 valence electrons. The second-order valence-corrected chi connectivity index (χ2v) is 5.87. The van der Waals surface area contributed by atoms with Gasteiger partial charge in [-0.1, -0.05) is 12.1 Å². The van der Waals surface area contributed by atoms with Crippen molar-refractivity contribution in [3.05, 3.63) is 53.9 Å². The van der Waals surface area contributed by atoms with Crippen LogP contribution in [0.5, 0.6) is 0 Å². The normalized spacial score (nSPS) is 10.8. The monoisotopic (exact) mass is 470 g/mol. The molecule has 2 aromatic rings. The van der Waals surface area contributed by atoms with Gasteiger partial charge in [0.2, 0.25) is 0 Å². The molecule has 0 spiro atoms. The number of nitrogens with one attached hydrogen (secondary N) is 2. The maximum Gasteiger partial charge on any atom is 0.253 e. The Bertz CT molecular complexity index is 682. The molecule has 0 atom stereocenters. The summed E-state index contributed by atoms with van der Waals surface area (Å²) in [5.74, 6) is 0.767. The van der Waals surface area contributed by atoms with Crippen LogP contribution in [0.3, 0.4) is 0 Å². The topological polar surface area (TPSA) is 74.5 Å². The number of carbonyl (C=O) groups excluding carboxylic acids is 1. The predicted molar refractivity (Wildman–Crippen MR) is 115 cm³/mol. The molecule has 0 unspecified atom stereocenters. The molecule has 2 N–H and O–H groups in total. The van der Waals surface area contributed by atoms with E-state index in [9.17, 15) is 4.79 Å². The Morgan fingerprint density at radius 1 is 1.23 bits per heavy atom. The fourth-order valence-electron chi connectivity index (χ4n) is 2.31. The highest BCUT2D eigenvalue weighted by molar-refractivity contribution is 14.0. The van der Waals surface area contributed by atoms with Crippen molar-refractivity contribution in [2.45, 2.75) is 19.5 Å². The molecule has 0 aliphatic heterocycles. The van der Waals surface area contributed by atoms with Crippen molar-refractivity contribution in [2.24, 2.45) is 4.99 Å². The largest absolute Gasteiger partial charge is 0.356 e. The number of rotatable bonds is 7. The van der Waals surface area contributed by atoms with Crippen LogP contribution in [0.25, 0.3) is 0 Å². The van der Waals surface area contributed by atoms with Gasteiger partial charge in [-0.25, -0.2) is 0 Å². The van der Waals surface area contributed by atoms with E-state index in [-0.39, 0.29) is 29.9 Å². The van der Waals surface area contributed by atoms with E-state index >= 15 is 0 Å². The molecular weight excluding hydrogens is 443 g/mol. The molecule has 0 saturated heterocycles. The molecule has 1 heterocycles. The minimum absolute atomic E-state index is 0. The van der Waals surface area contributed by atoms with Crippen molar-refractivity contribution in [3.8, 4) is 0 Å². The molecule has 1 aromatic carbocycles. The number of nitrogens with zero attached hydrogens (tertiary/aromatic N) is 4. The van der Waals surface area contributed by atoms with Gasteiger partial charge in [0.05, 0.1) is 0 Å². The molecule has 7 nitrogen and oxygen atoms in total. The average molecular weight is 470 g/mol. The lowest BCUT2D eigenvalue weighted by Gasteiger charge is -2.13. The third-order valence-electron chi connectivity index (χ3n) is 3.71. The molecule has 1 aromatic heterocycles. The molecule has 0 bridgehead atoms. The van der Waals surface area contributed by atoms with E-state index in [1.165, 1.54) is 0 Å². The molecule has 0 radical (unpaired) electrons. The Labute approximate surface area is 171 Å². The Morgan fingerprint density at radius 3 is 2.54 bits per heavy atom. The summed E-state index contributed by atoms with van der Waals surface area (Å²) >= 11 is 0. The van der Waals surface area contributed by atoms with Crippen LogP contribution in [0.2, 0.25) is 0 Å². The van der Waals surface area contributed by atoms with Crippen LogP contribution in [0.1, 0.15) is 22.3 Å². The van der Waals surface area contributed by atoms with Crippen molar-refractivity contribution >= 4 is 35.8 Å². The van der Waals surface area contributed by atoms with Crippen molar-refractivity contribution in [2.75, 3.05) is 27.7 Å². The number of guanidine groups is 1. The molecule has 0 saturated carbocycles. The summed E-state index contributed by atoms with van der Waals surface area (Å²) in [6, 6.07) is 9.52. The maximum atomic E-state index is 11.9. The van der Waals surface area contributed by atoms with E-state index in [1.807, 2.05) is 41.2 Å². The van der Waals surface area contributed by atoms with Crippen molar-refractivity contribution < 1.29 is 4.79 Å². The van der Waals surface area contributed by atoms with E-state index in [4.69, 9.17) is 0 Å². The van der Waals surface area contributed by atoms with Gasteiger partial charge < -0.3 is 15.5 Å². The molecule has 26 heavy (non-hydrogen) atoms. The van der Waals surface area contributed by atoms with Crippen LogP contribution in [0, 0.1) is 0 Å². The smallest absolute Gasteiger partial charge is 0.253 e. The summed E-state index contributed by atoms with van der Waals surface area (Å²) in [4.78, 5) is 17.7. The van der Waals surface area contributed by atoms with Crippen LogP contribution >= 0.6 is 24.0 Å². The van der Waals surface area contributed by atoms with Gasteiger partial charge in [0.15, 0.2) is 5.96 Å². The lowest BCUT2D eigenvalue weighted by molar-refractivity contribution is 0.0827. The molecule has 0 aliphatic rings. The number of hydrogen-bond donors (Lipinski definition) is 2. The second kappa shape index (κ2) is 11.5. The van der Waals surface area contributed by atoms with Gasteiger partial charge in [0, 0.05) is 58.7 Å². The zero-order valence-electron chi connectivity index (χ0n) is 15.5. The Kier molecular flexibility index (Phi) is 9.71. The number of aliphatic imine (C=N–C) groups is 1. The Hall–Kier alpha value is -2.10. The minimum Gasteiger partial charge on any atom is -0.356 e. The first kappa shape index (κ1) is 21.9. The van der Waals surface area contributed by atoms with Gasteiger partial charge in [0.25, 0.3) is 5.91 Å². The predicted octanol–water partition coefficient (Wildman–Crippen LogP) is 1.96. The van der Waals surface area contributed by atoms with E-state index in [2.05, 4.69) is 20.7 Å². The zero-order chi connectivity index (χ0) is 18.1. The lowest BCUT2D eigenvalue weighted by atomic mass is 10.1. The number of aryl methyl sites for hydroxylation is 1. The van der Waals surface area contributed by atoms with Gasteiger partial charge in [-0.15, -0.1) is 24.0 Å². The number of amides is 1. The lowest BCUT2D eigenvalue weighted by Crippen LogP contribution is -2.37. The highest BCUT2D eigenvalue weighted by atomic mass is 127. The van der Waals surface area contributed by atoms with Crippen LogP contribution in [0.15, 0.2) is 47.7 Å². The van der Waals surface area contributed by atoms with Crippen LogP contribution < -0.4 is 10.6 Å². The summed E-state index contributed by atoms with van der Waals surface area (Å²) in [7, 11) is 5.25. The number of hydrogen-bond acceptors (Lipinski definition) is 3. The summed E-state index contributed by atoms with van der Waals surface area (Å²) in [5.41, 5.74) is 1.78. The van der Waals surface area contributed by atoms with Gasteiger partial charge in [-0.05, 0) is 30.2 Å². The van der Waals surface area contributed by atoms with E-state index in [1.54, 1.807) is 32.2 Å². The minimum atomic E-state index is 0. The quantitative estimate of drug-likeness (QED) is 0.281. The summed E-state index contributed by atoms with van der Waals surface area (Å²) in [6.07, 6.45) is 4.70. The fraction of sp³-hybridized carbons (Fsp3) is 0.389. The zero-order valence-corrected chi connectivity index (χ0v) is 17.8. The molecule has 8 heteroatoms. The average Bonchev–Trinajstić information content (AvgIpc) is 3.14. The third-order valence-corrected chi connectivity index (χ3v) is 3.71. The Balaban J connectivity index is 0.00000338. The fourth-order valence-corrected chi connectivity index (χ4v) is 2.31. The molecular formula is C18H27IN6O. The van der Waals surface area contributed by atoms with Gasteiger partial charge in [0.1, 0.15) is 0 Å². The number of carbonyl (C=O) groups is 1. The van der Waals surface area contributed by atoms with Crippen LogP contribution in [-0.2, 0) is 13.1 Å². The maximum absolute atomic E-state index is 11.9. The summed E-state index contributed by atoms with van der Waals surface area (Å²) in [5, 5.41) is 10.7. The highest BCUT2D eigenvalue weighted by Crippen LogP contribution is 2.06. The summed E-state index contributed by atoms with van der Waals surface area (Å²) < 4.78 is 1.91. The first-order valence-corrected chi connectivity index (χ1v) is 8.32. The van der Waals surface area contributed by atoms with Crippen molar-refractivity contribution in [3.63, 3.8) is 0 Å². The number of aromatic nitrogens is 2. The summed E-state index contributed by atoms with van der Waals surface area (Å²) in [6.45, 7) is 2.34. The first-order valence-electron chi connectivity index (χ1n) is 8.32. The van der Waals surface area contributed by atoms with Gasteiger partial charge >= 0.3 is 0 Å². The molecule has 0 aliphatic carbocycles. The molecule has 0 fully saturated rings. The van der Waals surface area contributed by atoms with Gasteiger partial charge in [-0.2, -0.15) is 5.10 Å². The Morgan fingerprint density at radius 2 is 1.96 bits per heavy atom. The number of benzene rings is 1. The SMILES string of the molecule is CN=C(NCCCn1cccn1)NCc1ccc(C(=O)N(C)C)cc1.I. The highest BCUT2D eigenvalue weighted by Gasteiger charge is 2.07. The van der Waals surface area contributed by atoms with Crippen molar-refractivity contribution in [1.82, 2.24) is 25.3 Å². The van der Waals surface area contributed by atoms with Crippen LogP contribution in [-0.4, -0.2) is 54.2 Å². The second-order valence-electron chi connectivity index (χ2n) is 5.87. The van der Waals surface area contributed by atoms with Crippen LogP contribution in [0.4, 0.5) is 0 Å². The molecule has 1 amide bonds. The van der Waals surface area contributed by atoms with E-state index < -0.39 is 0 Å². The third kappa shape index (κ3) is 7.03. The molecule has 2 rings (SSSR count). The van der Waals surface area contributed by atoms with Crippen molar-refractivity contribution in [1.29, 1.82) is 0 Å². The number of halogens is 1.